The van der Waals surface area contributed by atoms with Gasteiger partial charge < -0.3 is 10.4 Å². The van der Waals surface area contributed by atoms with Crippen LogP contribution in [0.5, 0.6) is 0 Å². The van der Waals surface area contributed by atoms with Crippen LogP contribution in [0.4, 0.5) is 0 Å². The molecule has 0 aromatic heterocycles. The van der Waals surface area contributed by atoms with Crippen LogP contribution in [0.15, 0.2) is 0 Å². The van der Waals surface area contributed by atoms with Gasteiger partial charge in [-0.3, -0.25) is 4.90 Å². The van der Waals surface area contributed by atoms with Gasteiger partial charge in [0.15, 0.2) is 0 Å². The predicted molar refractivity (Wildman–Crippen MR) is 59.8 cm³/mol. The van der Waals surface area contributed by atoms with Crippen LogP contribution in [-0.2, 0) is 0 Å². The Morgan fingerprint density at radius 1 is 1.00 bits per heavy atom. The maximum absolute atomic E-state index is 9.76. The molecule has 0 radical (unpaired) electrons. The van der Waals surface area contributed by atoms with E-state index in [1.54, 1.807) is 0 Å². The van der Waals surface area contributed by atoms with E-state index in [0.717, 1.165) is 18.9 Å². The summed E-state index contributed by atoms with van der Waals surface area (Å²) in [6.07, 6.45) is 7.34. The van der Waals surface area contributed by atoms with E-state index in [2.05, 4.69) is 10.2 Å². The summed E-state index contributed by atoms with van der Waals surface area (Å²) in [5.74, 6) is 0. The van der Waals surface area contributed by atoms with Crippen molar-refractivity contribution < 1.29 is 5.11 Å². The molecular formula is C12H22N2O. The summed E-state index contributed by atoms with van der Waals surface area (Å²) in [7, 11) is 0. The van der Waals surface area contributed by atoms with Crippen molar-refractivity contribution >= 4 is 0 Å². The van der Waals surface area contributed by atoms with E-state index in [-0.39, 0.29) is 6.10 Å². The van der Waals surface area contributed by atoms with Gasteiger partial charge in [-0.2, -0.15) is 0 Å². The number of piperidine rings is 2. The quantitative estimate of drug-likeness (QED) is 0.669. The van der Waals surface area contributed by atoms with E-state index in [1.165, 1.54) is 38.8 Å². The van der Waals surface area contributed by atoms with Gasteiger partial charge in [0.05, 0.1) is 6.10 Å². The maximum atomic E-state index is 9.76. The van der Waals surface area contributed by atoms with Crippen LogP contribution in [0.3, 0.4) is 0 Å². The van der Waals surface area contributed by atoms with E-state index in [0.29, 0.717) is 12.1 Å². The zero-order valence-electron chi connectivity index (χ0n) is 9.36. The summed E-state index contributed by atoms with van der Waals surface area (Å²) in [5.41, 5.74) is 0. The zero-order chi connectivity index (χ0) is 10.3. The Kier molecular flexibility index (Phi) is 2.71. The third-order valence-electron chi connectivity index (χ3n) is 4.46. The highest BCUT2D eigenvalue weighted by molar-refractivity contribution is 4.99. The van der Waals surface area contributed by atoms with Crippen molar-refractivity contribution in [3.8, 4) is 0 Å². The average Bonchev–Trinajstić information content (AvgIpc) is 2.53. The summed E-state index contributed by atoms with van der Waals surface area (Å²) in [4.78, 5) is 2.74. The number of aliphatic hydroxyl groups excluding tert-OH is 1. The summed E-state index contributed by atoms with van der Waals surface area (Å²) in [6, 6.07) is 2.12. The van der Waals surface area contributed by atoms with Gasteiger partial charge in [0.1, 0.15) is 0 Å². The molecule has 3 aliphatic rings. The molecule has 0 aromatic rings. The highest BCUT2D eigenvalue weighted by atomic mass is 16.3. The van der Waals surface area contributed by atoms with Crippen molar-refractivity contribution in [1.82, 2.24) is 10.2 Å². The van der Waals surface area contributed by atoms with Crippen LogP contribution in [0.2, 0.25) is 0 Å². The first-order valence-corrected chi connectivity index (χ1v) is 6.51. The standard InChI is InChI=1S/C12H22N2O/c15-12-6-9-3-4-10(7-12)14(9)11-2-1-5-13-8-11/h9-13,15H,1-8H2/t9-,10-,11-/m0/s1. The molecule has 3 heterocycles. The largest absolute Gasteiger partial charge is 0.393 e. The van der Waals surface area contributed by atoms with Gasteiger partial charge in [-0.1, -0.05) is 0 Å². The number of nitrogens with zero attached hydrogens (tertiary/aromatic N) is 1. The summed E-state index contributed by atoms with van der Waals surface area (Å²) in [5, 5.41) is 13.3. The van der Waals surface area contributed by atoms with Crippen LogP contribution in [0.25, 0.3) is 0 Å². The van der Waals surface area contributed by atoms with Crippen molar-refractivity contribution in [2.24, 2.45) is 0 Å². The van der Waals surface area contributed by atoms with E-state index >= 15 is 0 Å². The Morgan fingerprint density at radius 2 is 1.73 bits per heavy atom. The fraction of sp³-hybridized carbons (Fsp3) is 1.00. The summed E-state index contributed by atoms with van der Waals surface area (Å²) >= 11 is 0. The average molecular weight is 210 g/mol. The first-order chi connectivity index (χ1) is 7.34. The minimum absolute atomic E-state index is 0.0182. The highest BCUT2D eigenvalue weighted by Gasteiger charge is 2.43. The highest BCUT2D eigenvalue weighted by Crippen LogP contribution is 2.38. The third kappa shape index (κ3) is 1.81. The lowest BCUT2D eigenvalue weighted by Gasteiger charge is -2.44. The molecule has 0 amide bonds. The van der Waals surface area contributed by atoms with Crippen molar-refractivity contribution in [2.45, 2.75) is 62.8 Å². The smallest absolute Gasteiger partial charge is 0.0570 e. The lowest BCUT2D eigenvalue weighted by atomic mass is 9.95. The van der Waals surface area contributed by atoms with Gasteiger partial charge in [0.2, 0.25) is 0 Å². The second-order valence-electron chi connectivity index (χ2n) is 5.46. The number of aliphatic hydroxyl groups is 1. The van der Waals surface area contributed by atoms with Crippen LogP contribution in [-0.4, -0.2) is 47.3 Å². The van der Waals surface area contributed by atoms with Gasteiger partial charge in [-0.05, 0) is 45.1 Å². The molecule has 15 heavy (non-hydrogen) atoms. The first-order valence-electron chi connectivity index (χ1n) is 6.51. The molecule has 86 valence electrons. The molecule has 0 spiro atoms. The predicted octanol–water partition coefficient (Wildman–Crippen LogP) is 0.726. The molecule has 3 nitrogen and oxygen atoms in total. The van der Waals surface area contributed by atoms with Gasteiger partial charge in [0, 0.05) is 24.7 Å². The molecule has 2 N–H and O–H groups in total. The zero-order valence-corrected chi connectivity index (χ0v) is 9.36. The molecule has 3 aliphatic heterocycles. The molecule has 0 unspecified atom stereocenters. The number of rotatable bonds is 1. The molecular weight excluding hydrogens is 188 g/mol. The van der Waals surface area contributed by atoms with E-state index < -0.39 is 0 Å². The Balaban J connectivity index is 1.70. The van der Waals surface area contributed by atoms with E-state index in [4.69, 9.17) is 0 Å². The van der Waals surface area contributed by atoms with Gasteiger partial charge in [0.25, 0.3) is 0 Å². The van der Waals surface area contributed by atoms with Crippen LogP contribution < -0.4 is 5.32 Å². The summed E-state index contributed by atoms with van der Waals surface area (Å²) < 4.78 is 0. The van der Waals surface area contributed by atoms with Crippen molar-refractivity contribution in [3.05, 3.63) is 0 Å². The van der Waals surface area contributed by atoms with Crippen molar-refractivity contribution in [3.63, 3.8) is 0 Å². The lowest BCUT2D eigenvalue weighted by Crippen LogP contribution is -2.54. The molecule has 3 saturated heterocycles. The molecule has 0 saturated carbocycles. The topological polar surface area (TPSA) is 35.5 Å². The second kappa shape index (κ2) is 4.04. The Bertz CT molecular complexity index is 214. The Morgan fingerprint density at radius 3 is 2.33 bits per heavy atom. The normalized spacial score (nSPS) is 47.0. The second-order valence-corrected chi connectivity index (χ2v) is 5.46. The Hall–Kier alpha value is -0.120. The maximum Gasteiger partial charge on any atom is 0.0570 e. The lowest BCUT2D eigenvalue weighted by molar-refractivity contribution is 0.00437. The monoisotopic (exact) mass is 210 g/mol. The third-order valence-corrected chi connectivity index (χ3v) is 4.46. The number of nitrogens with one attached hydrogen (secondary N) is 1. The first kappa shape index (κ1) is 10.1. The Labute approximate surface area is 91.8 Å². The molecule has 3 heteroatoms. The van der Waals surface area contributed by atoms with Crippen LogP contribution >= 0.6 is 0 Å². The van der Waals surface area contributed by atoms with Gasteiger partial charge >= 0.3 is 0 Å². The minimum atomic E-state index is -0.0182. The number of fused-ring (bicyclic) bond motifs is 2. The van der Waals surface area contributed by atoms with E-state index in [9.17, 15) is 5.11 Å². The van der Waals surface area contributed by atoms with Crippen LogP contribution in [0.1, 0.15) is 38.5 Å². The van der Waals surface area contributed by atoms with Crippen molar-refractivity contribution in [2.75, 3.05) is 13.1 Å². The molecule has 3 atom stereocenters. The fourth-order valence-corrected chi connectivity index (χ4v) is 3.87. The van der Waals surface area contributed by atoms with Crippen molar-refractivity contribution in [1.29, 1.82) is 0 Å². The molecule has 0 aromatic carbocycles. The molecule has 3 fully saturated rings. The molecule has 0 aliphatic carbocycles. The molecule has 3 rings (SSSR count). The SMILES string of the molecule is OC1C[C@@H]2CC[C@@H](C1)N2[C@H]1CCCNC1. The number of hydrogen-bond acceptors (Lipinski definition) is 3. The van der Waals surface area contributed by atoms with E-state index in [1.807, 2.05) is 0 Å². The van der Waals surface area contributed by atoms with Crippen LogP contribution in [0, 0.1) is 0 Å². The minimum Gasteiger partial charge on any atom is -0.393 e. The van der Waals surface area contributed by atoms with Gasteiger partial charge in [-0.25, -0.2) is 0 Å². The fourth-order valence-electron chi connectivity index (χ4n) is 3.87. The number of hydrogen-bond donors (Lipinski definition) is 2. The van der Waals surface area contributed by atoms with Gasteiger partial charge in [-0.15, -0.1) is 0 Å². The summed E-state index contributed by atoms with van der Waals surface area (Å²) in [6.45, 7) is 2.37. The molecule has 2 bridgehead atoms.